The van der Waals surface area contributed by atoms with Crippen molar-refractivity contribution in [1.29, 1.82) is 0 Å². The number of hydrogen-bond donors (Lipinski definition) is 5. The van der Waals surface area contributed by atoms with Crippen LogP contribution in [0, 0.1) is 0 Å². The number of allylic oxidation sites excluding steroid dienone is 4. The van der Waals surface area contributed by atoms with Gasteiger partial charge in [0.25, 0.3) is 0 Å². The van der Waals surface area contributed by atoms with Gasteiger partial charge in [-0.3, -0.25) is 4.79 Å². The highest BCUT2D eigenvalue weighted by Crippen LogP contribution is 2.12. The van der Waals surface area contributed by atoms with E-state index in [1.807, 2.05) is 0 Å². The summed E-state index contributed by atoms with van der Waals surface area (Å²) in [6.45, 7) is 3.90. The summed E-state index contributed by atoms with van der Waals surface area (Å²) in [6, 6.07) is -1.00. The Hall–Kier alpha value is -1.21. The number of unbranched alkanes of at least 4 members (excludes halogenated alkanes) is 12. The zero-order valence-electron chi connectivity index (χ0n) is 23.3. The van der Waals surface area contributed by atoms with E-state index in [2.05, 4.69) is 43.5 Å². The van der Waals surface area contributed by atoms with Crippen molar-refractivity contribution in [1.82, 2.24) is 5.32 Å². The molecule has 36 heavy (non-hydrogen) atoms. The molecule has 0 spiro atoms. The second-order valence-electron chi connectivity index (χ2n) is 10.1. The molecule has 0 fully saturated rings. The Morgan fingerprint density at radius 1 is 0.667 bits per heavy atom. The molecule has 0 radical (unpaired) electrons. The maximum atomic E-state index is 12.3. The number of carbonyl (C=O) groups is 1. The smallest absolute Gasteiger partial charge is 0.249 e. The van der Waals surface area contributed by atoms with Crippen LogP contribution in [0.5, 0.6) is 0 Å². The van der Waals surface area contributed by atoms with Crippen LogP contribution < -0.4 is 5.32 Å². The summed E-state index contributed by atoms with van der Waals surface area (Å²) in [5.74, 6) is -0.614. The monoisotopic (exact) mass is 511 g/mol. The first-order chi connectivity index (χ1) is 17.5. The van der Waals surface area contributed by atoms with E-state index >= 15 is 0 Å². The molecule has 0 aromatic carbocycles. The Labute approximate surface area is 221 Å². The Morgan fingerprint density at radius 2 is 1.17 bits per heavy atom. The Bertz CT molecular complexity index is 551. The lowest BCUT2D eigenvalue weighted by atomic mass is 10.00. The van der Waals surface area contributed by atoms with Gasteiger partial charge in [-0.1, -0.05) is 95.9 Å². The van der Waals surface area contributed by atoms with E-state index in [-0.39, 0.29) is 0 Å². The lowest BCUT2D eigenvalue weighted by Crippen LogP contribution is -2.53. The summed E-state index contributed by atoms with van der Waals surface area (Å²) in [6.07, 6.45) is 23.5. The van der Waals surface area contributed by atoms with Crippen LogP contribution in [-0.4, -0.2) is 57.3 Å². The van der Waals surface area contributed by atoms with E-state index in [4.69, 9.17) is 0 Å². The molecular weight excluding hydrogens is 454 g/mol. The fourth-order valence-corrected chi connectivity index (χ4v) is 4.15. The highest BCUT2D eigenvalue weighted by atomic mass is 16.3. The van der Waals surface area contributed by atoms with Gasteiger partial charge in [0.15, 0.2) is 0 Å². The predicted molar refractivity (Wildman–Crippen MR) is 150 cm³/mol. The van der Waals surface area contributed by atoms with Gasteiger partial charge in [0.05, 0.1) is 18.8 Å². The first-order valence-electron chi connectivity index (χ1n) is 14.7. The maximum absolute atomic E-state index is 12.3. The van der Waals surface area contributed by atoms with Crippen molar-refractivity contribution in [3.8, 4) is 0 Å². The highest BCUT2D eigenvalue weighted by Gasteiger charge is 2.28. The van der Waals surface area contributed by atoms with Crippen LogP contribution in [0.1, 0.15) is 129 Å². The van der Waals surface area contributed by atoms with E-state index in [0.717, 1.165) is 44.9 Å². The van der Waals surface area contributed by atoms with Crippen LogP contribution in [0.4, 0.5) is 0 Å². The van der Waals surface area contributed by atoms with Crippen LogP contribution in [0.15, 0.2) is 24.3 Å². The molecule has 0 aromatic heterocycles. The van der Waals surface area contributed by atoms with E-state index in [9.17, 15) is 25.2 Å². The summed E-state index contributed by atoms with van der Waals surface area (Å²) in [7, 11) is 0. The average Bonchev–Trinajstić information content (AvgIpc) is 2.88. The summed E-state index contributed by atoms with van der Waals surface area (Å²) in [5.41, 5.74) is 0. The van der Waals surface area contributed by atoms with Gasteiger partial charge >= 0.3 is 0 Å². The van der Waals surface area contributed by atoms with Gasteiger partial charge in [-0.05, 0) is 57.8 Å². The van der Waals surface area contributed by atoms with Gasteiger partial charge < -0.3 is 25.7 Å². The van der Waals surface area contributed by atoms with Gasteiger partial charge in [0.1, 0.15) is 12.2 Å². The zero-order valence-corrected chi connectivity index (χ0v) is 23.3. The van der Waals surface area contributed by atoms with Crippen molar-refractivity contribution in [3.05, 3.63) is 24.3 Å². The first-order valence-corrected chi connectivity index (χ1v) is 14.7. The molecule has 5 N–H and O–H groups in total. The molecule has 0 aromatic rings. The van der Waals surface area contributed by atoms with Crippen LogP contribution in [0.25, 0.3) is 0 Å². The highest BCUT2D eigenvalue weighted by molar-refractivity contribution is 5.80. The third-order valence-corrected chi connectivity index (χ3v) is 6.63. The minimum Gasteiger partial charge on any atom is -0.394 e. The van der Waals surface area contributed by atoms with Crippen molar-refractivity contribution in [3.63, 3.8) is 0 Å². The molecular formula is C30H57NO5. The minimum atomic E-state index is -1.28. The molecule has 0 heterocycles. The maximum Gasteiger partial charge on any atom is 0.249 e. The van der Waals surface area contributed by atoms with Crippen molar-refractivity contribution >= 4 is 5.91 Å². The average molecular weight is 512 g/mol. The number of aliphatic hydroxyl groups is 4. The van der Waals surface area contributed by atoms with Gasteiger partial charge in [-0.2, -0.15) is 0 Å². The van der Waals surface area contributed by atoms with Crippen molar-refractivity contribution in [2.24, 2.45) is 0 Å². The van der Waals surface area contributed by atoms with E-state index in [1.54, 1.807) is 0 Å². The topological polar surface area (TPSA) is 110 Å². The lowest BCUT2D eigenvalue weighted by molar-refractivity contribution is -0.132. The predicted octanol–water partition coefficient (Wildman–Crippen LogP) is 5.72. The molecule has 0 bridgehead atoms. The van der Waals surface area contributed by atoms with Crippen LogP contribution in [-0.2, 0) is 4.79 Å². The summed E-state index contributed by atoms with van der Waals surface area (Å²) < 4.78 is 0. The van der Waals surface area contributed by atoms with Crippen molar-refractivity contribution in [2.75, 3.05) is 6.61 Å². The number of rotatable bonds is 25. The molecule has 4 unspecified atom stereocenters. The van der Waals surface area contributed by atoms with Crippen molar-refractivity contribution in [2.45, 2.75) is 154 Å². The molecule has 0 aliphatic heterocycles. The molecule has 0 saturated heterocycles. The quantitative estimate of drug-likeness (QED) is 0.0795. The van der Waals surface area contributed by atoms with Gasteiger partial charge in [-0.15, -0.1) is 0 Å². The van der Waals surface area contributed by atoms with Gasteiger partial charge in [0.2, 0.25) is 5.91 Å². The largest absolute Gasteiger partial charge is 0.394 e. The second kappa shape index (κ2) is 25.4. The number of hydrogen-bond acceptors (Lipinski definition) is 5. The third-order valence-electron chi connectivity index (χ3n) is 6.63. The molecule has 212 valence electrons. The summed E-state index contributed by atoms with van der Waals surface area (Å²) in [4.78, 5) is 12.3. The van der Waals surface area contributed by atoms with Crippen LogP contribution in [0.3, 0.4) is 0 Å². The minimum absolute atomic E-state index is 0.341. The molecule has 0 aliphatic carbocycles. The standard InChI is InChI=1S/C30H57NO5/c1-3-5-7-9-11-13-14-16-17-19-21-23-27(33)29(35)26(25-32)31-30(36)28(34)24-22-20-18-15-12-10-8-6-4-2/h10,12,16-17,26-29,32-35H,3-9,11,13-15,18-25H2,1-2H3,(H,31,36)/b12-10-,17-16+. The Balaban J connectivity index is 4.03. The van der Waals surface area contributed by atoms with Crippen molar-refractivity contribution < 1.29 is 25.2 Å². The first kappa shape index (κ1) is 34.8. The fraction of sp³-hybridized carbons (Fsp3) is 0.833. The number of nitrogens with one attached hydrogen (secondary N) is 1. The van der Waals surface area contributed by atoms with Gasteiger partial charge in [0, 0.05) is 0 Å². The Morgan fingerprint density at radius 3 is 1.75 bits per heavy atom. The molecule has 1 amide bonds. The van der Waals surface area contributed by atoms with Crippen LogP contribution in [0.2, 0.25) is 0 Å². The summed E-state index contributed by atoms with van der Waals surface area (Å²) >= 11 is 0. The van der Waals surface area contributed by atoms with Gasteiger partial charge in [-0.25, -0.2) is 0 Å². The summed E-state index contributed by atoms with van der Waals surface area (Å²) in [5, 5.41) is 42.9. The zero-order chi connectivity index (χ0) is 26.9. The van der Waals surface area contributed by atoms with Crippen LogP contribution >= 0.6 is 0 Å². The molecule has 4 atom stereocenters. The fourth-order valence-electron chi connectivity index (χ4n) is 4.15. The number of carbonyl (C=O) groups excluding carboxylic acids is 1. The molecule has 0 saturated carbocycles. The number of aliphatic hydroxyl groups excluding tert-OH is 4. The normalized spacial score (nSPS) is 15.4. The van der Waals surface area contributed by atoms with E-state index < -0.39 is 36.9 Å². The molecule has 0 aliphatic rings. The number of amides is 1. The second-order valence-corrected chi connectivity index (χ2v) is 10.1. The van der Waals surface area contributed by atoms with E-state index in [1.165, 1.54) is 51.4 Å². The molecule has 0 rings (SSSR count). The lowest BCUT2D eigenvalue weighted by Gasteiger charge is -2.27. The Kier molecular flexibility index (Phi) is 24.6. The SMILES string of the molecule is CCCC/C=C\CCCCCC(O)C(=O)NC(CO)C(O)C(O)CCC/C=C/CCCCCCCC. The molecule has 6 nitrogen and oxygen atoms in total. The third kappa shape index (κ3) is 19.9. The van der Waals surface area contributed by atoms with E-state index in [0.29, 0.717) is 19.3 Å². The molecule has 6 heteroatoms.